The fraction of sp³-hybridized carbons (Fsp3) is 0.526. The van der Waals surface area contributed by atoms with E-state index < -0.39 is 10.0 Å². The summed E-state index contributed by atoms with van der Waals surface area (Å²) in [7, 11) is -1.99. The normalized spacial score (nSPS) is 13.8. The zero-order valence-corrected chi connectivity index (χ0v) is 17.0. The lowest BCUT2D eigenvalue weighted by Crippen LogP contribution is -2.34. The standard InChI is InChI=1S/C19H29N3O2S/c1-13(2)18(17-11-9-8-10-12-17)21(7)25(23,24)19-15(5)20-22(14(3)4)16(19)6/h8-14,18H,1-7H3/t18-/m0/s1. The van der Waals surface area contributed by atoms with Gasteiger partial charge in [0.15, 0.2) is 0 Å². The van der Waals surface area contributed by atoms with Gasteiger partial charge in [0.25, 0.3) is 0 Å². The van der Waals surface area contributed by atoms with Crippen LogP contribution in [0.3, 0.4) is 0 Å². The summed E-state index contributed by atoms with van der Waals surface area (Å²) in [5.74, 6) is 0.142. The Kier molecular flexibility index (Phi) is 5.74. The van der Waals surface area contributed by atoms with E-state index in [0.717, 1.165) is 5.56 Å². The number of benzene rings is 1. The molecule has 0 saturated heterocycles. The first kappa shape index (κ1) is 19.7. The van der Waals surface area contributed by atoms with Crippen LogP contribution in [-0.2, 0) is 10.0 Å². The first-order valence-electron chi connectivity index (χ1n) is 8.67. The second-order valence-corrected chi connectivity index (χ2v) is 9.09. The SMILES string of the molecule is Cc1nn(C(C)C)c(C)c1S(=O)(=O)N(C)[C@H](c1ccccc1)C(C)C. The summed E-state index contributed by atoms with van der Waals surface area (Å²) < 4.78 is 30.1. The molecule has 1 aromatic carbocycles. The molecule has 5 nitrogen and oxygen atoms in total. The predicted octanol–water partition coefficient (Wildman–Crippen LogP) is 4.10. The lowest BCUT2D eigenvalue weighted by molar-refractivity contribution is 0.300. The van der Waals surface area contributed by atoms with Gasteiger partial charge < -0.3 is 0 Å². The van der Waals surface area contributed by atoms with E-state index in [1.165, 1.54) is 4.31 Å². The molecule has 1 aromatic heterocycles. The lowest BCUT2D eigenvalue weighted by Gasteiger charge is -2.31. The van der Waals surface area contributed by atoms with Gasteiger partial charge in [-0.2, -0.15) is 9.40 Å². The van der Waals surface area contributed by atoms with Crippen molar-refractivity contribution < 1.29 is 8.42 Å². The molecule has 25 heavy (non-hydrogen) atoms. The Bertz CT molecular complexity index is 824. The number of nitrogens with zero attached hydrogens (tertiary/aromatic N) is 3. The van der Waals surface area contributed by atoms with Gasteiger partial charge in [-0.15, -0.1) is 0 Å². The second-order valence-electron chi connectivity index (χ2n) is 7.16. The minimum absolute atomic E-state index is 0.114. The van der Waals surface area contributed by atoms with Crippen LogP contribution in [0.1, 0.15) is 56.7 Å². The molecule has 2 rings (SSSR count). The average molecular weight is 364 g/mol. The summed E-state index contributed by atoms with van der Waals surface area (Å²) in [6.45, 7) is 11.7. The predicted molar refractivity (Wildman–Crippen MR) is 101 cm³/mol. The van der Waals surface area contributed by atoms with Gasteiger partial charge in [0.05, 0.1) is 17.4 Å². The molecule has 0 amide bonds. The van der Waals surface area contributed by atoms with Crippen molar-refractivity contribution in [1.29, 1.82) is 0 Å². The summed E-state index contributed by atoms with van der Waals surface area (Å²) in [4.78, 5) is 0.324. The Labute approximate surface area is 151 Å². The highest BCUT2D eigenvalue weighted by Crippen LogP contribution is 2.34. The van der Waals surface area contributed by atoms with Crippen LogP contribution >= 0.6 is 0 Å². The molecule has 2 aromatic rings. The van der Waals surface area contributed by atoms with Gasteiger partial charge in [0.1, 0.15) is 4.90 Å². The third kappa shape index (κ3) is 3.65. The molecule has 6 heteroatoms. The maximum absolute atomic E-state index is 13.4. The second kappa shape index (κ2) is 7.30. The van der Waals surface area contributed by atoms with Gasteiger partial charge in [-0.3, -0.25) is 4.68 Å². The molecule has 0 unspecified atom stereocenters. The monoisotopic (exact) mass is 363 g/mol. The molecule has 0 N–H and O–H groups in total. The van der Waals surface area contributed by atoms with Gasteiger partial charge in [0.2, 0.25) is 10.0 Å². The van der Waals surface area contributed by atoms with Gasteiger partial charge in [0, 0.05) is 13.1 Å². The molecule has 0 radical (unpaired) electrons. The van der Waals surface area contributed by atoms with E-state index in [1.54, 1.807) is 18.7 Å². The molecule has 1 heterocycles. The van der Waals surface area contributed by atoms with Crippen LogP contribution in [0, 0.1) is 19.8 Å². The highest BCUT2D eigenvalue weighted by molar-refractivity contribution is 7.89. The first-order valence-corrected chi connectivity index (χ1v) is 10.1. The van der Waals surface area contributed by atoms with Gasteiger partial charge in [-0.05, 0) is 39.2 Å². The molecular formula is C19H29N3O2S. The zero-order chi connectivity index (χ0) is 18.9. The van der Waals surface area contributed by atoms with E-state index in [2.05, 4.69) is 5.10 Å². The molecule has 0 aliphatic rings. The van der Waals surface area contributed by atoms with Crippen LogP contribution in [0.25, 0.3) is 0 Å². The van der Waals surface area contributed by atoms with Gasteiger partial charge >= 0.3 is 0 Å². The Morgan fingerprint density at radius 1 is 1.04 bits per heavy atom. The third-order valence-electron chi connectivity index (χ3n) is 4.55. The molecule has 138 valence electrons. The van der Waals surface area contributed by atoms with E-state index in [-0.39, 0.29) is 18.0 Å². The van der Waals surface area contributed by atoms with Crippen LogP contribution in [0.4, 0.5) is 0 Å². The van der Waals surface area contributed by atoms with E-state index >= 15 is 0 Å². The Hall–Kier alpha value is -1.66. The molecular weight excluding hydrogens is 334 g/mol. The topological polar surface area (TPSA) is 55.2 Å². The molecule has 0 saturated carbocycles. The summed E-state index contributed by atoms with van der Waals surface area (Å²) in [6.07, 6.45) is 0. The van der Waals surface area contributed by atoms with Crippen molar-refractivity contribution in [3.05, 3.63) is 47.3 Å². The smallest absolute Gasteiger partial charge is 0.247 e. The summed E-state index contributed by atoms with van der Waals surface area (Å²) in [5.41, 5.74) is 2.23. The molecule has 1 atom stereocenters. The minimum Gasteiger partial charge on any atom is -0.266 e. The summed E-state index contributed by atoms with van der Waals surface area (Å²) >= 11 is 0. The van der Waals surface area contributed by atoms with Crippen LogP contribution in [0.15, 0.2) is 35.2 Å². The maximum Gasteiger partial charge on any atom is 0.247 e. The Balaban J connectivity index is 2.55. The van der Waals surface area contributed by atoms with Crippen LogP contribution in [-0.4, -0.2) is 29.6 Å². The zero-order valence-electron chi connectivity index (χ0n) is 16.2. The number of hydrogen-bond acceptors (Lipinski definition) is 3. The van der Waals surface area contributed by atoms with Crippen LogP contribution in [0.2, 0.25) is 0 Å². The number of sulfonamides is 1. The molecule has 0 aliphatic carbocycles. The van der Waals surface area contributed by atoms with Gasteiger partial charge in [-0.25, -0.2) is 8.42 Å². The fourth-order valence-electron chi connectivity index (χ4n) is 3.48. The van der Waals surface area contributed by atoms with Gasteiger partial charge in [-0.1, -0.05) is 44.2 Å². The van der Waals surface area contributed by atoms with Crippen molar-refractivity contribution >= 4 is 10.0 Å². The third-order valence-corrected chi connectivity index (χ3v) is 6.64. The molecule has 0 spiro atoms. The highest BCUT2D eigenvalue weighted by atomic mass is 32.2. The minimum atomic E-state index is -3.66. The Morgan fingerprint density at radius 3 is 2.04 bits per heavy atom. The molecule has 0 bridgehead atoms. The van der Waals surface area contributed by atoms with Crippen molar-refractivity contribution in [2.24, 2.45) is 5.92 Å². The van der Waals surface area contributed by atoms with E-state index in [9.17, 15) is 8.42 Å². The number of rotatable bonds is 6. The van der Waals surface area contributed by atoms with E-state index in [1.807, 2.05) is 65.0 Å². The maximum atomic E-state index is 13.4. The van der Waals surface area contributed by atoms with Crippen LogP contribution in [0.5, 0.6) is 0 Å². The van der Waals surface area contributed by atoms with Crippen molar-refractivity contribution in [3.63, 3.8) is 0 Å². The lowest BCUT2D eigenvalue weighted by atomic mass is 9.96. The fourth-order valence-corrected chi connectivity index (χ4v) is 5.32. The largest absolute Gasteiger partial charge is 0.266 e. The highest BCUT2D eigenvalue weighted by Gasteiger charge is 2.35. The average Bonchev–Trinajstić information content (AvgIpc) is 2.83. The van der Waals surface area contributed by atoms with E-state index in [0.29, 0.717) is 16.3 Å². The summed E-state index contributed by atoms with van der Waals surface area (Å²) in [5, 5.41) is 4.45. The van der Waals surface area contributed by atoms with Crippen molar-refractivity contribution in [3.8, 4) is 0 Å². The van der Waals surface area contributed by atoms with Crippen molar-refractivity contribution in [2.45, 2.75) is 58.5 Å². The van der Waals surface area contributed by atoms with Crippen LogP contribution < -0.4 is 0 Å². The number of aryl methyl sites for hydroxylation is 1. The number of hydrogen-bond donors (Lipinski definition) is 0. The quantitative estimate of drug-likeness (QED) is 0.776. The van der Waals surface area contributed by atoms with Crippen molar-refractivity contribution in [1.82, 2.24) is 14.1 Å². The number of aromatic nitrogens is 2. The van der Waals surface area contributed by atoms with E-state index in [4.69, 9.17) is 0 Å². The summed E-state index contributed by atoms with van der Waals surface area (Å²) in [6, 6.07) is 9.67. The molecule has 0 aliphatic heterocycles. The Morgan fingerprint density at radius 2 is 1.60 bits per heavy atom. The molecule has 0 fully saturated rings. The first-order chi connectivity index (χ1) is 11.6. The van der Waals surface area contributed by atoms with Crippen molar-refractivity contribution in [2.75, 3.05) is 7.05 Å².